The minimum atomic E-state index is -0.374. The van der Waals surface area contributed by atoms with Crippen molar-refractivity contribution in [3.05, 3.63) is 107 Å². The Morgan fingerprint density at radius 2 is 1.52 bits per heavy atom. The molecule has 1 fully saturated rings. The van der Waals surface area contributed by atoms with Crippen LogP contribution in [0.2, 0.25) is 0 Å². The molecule has 5 rings (SSSR count). The summed E-state index contributed by atoms with van der Waals surface area (Å²) in [7, 11) is 0. The molecule has 0 radical (unpaired) electrons. The van der Waals surface area contributed by atoms with Gasteiger partial charge in [0.25, 0.3) is 0 Å². The van der Waals surface area contributed by atoms with Crippen molar-refractivity contribution in [2.24, 2.45) is 0 Å². The molecule has 0 aromatic heterocycles. The van der Waals surface area contributed by atoms with Gasteiger partial charge in [-0.2, -0.15) is 0 Å². The van der Waals surface area contributed by atoms with Crippen LogP contribution in [0, 0.1) is 0 Å². The summed E-state index contributed by atoms with van der Waals surface area (Å²) in [5, 5.41) is 18.5. The second kappa shape index (κ2) is 10.6. The highest BCUT2D eigenvalue weighted by molar-refractivity contribution is 5.35. The molecule has 2 aliphatic rings. The van der Waals surface area contributed by atoms with E-state index in [1.807, 2.05) is 0 Å². The van der Waals surface area contributed by atoms with Gasteiger partial charge in [-0.3, -0.25) is 4.90 Å². The summed E-state index contributed by atoms with van der Waals surface area (Å²) < 4.78 is 0. The molecule has 3 atom stereocenters. The molecule has 2 heterocycles. The monoisotopic (exact) mass is 441 g/mol. The lowest BCUT2D eigenvalue weighted by Gasteiger charge is -2.42. The lowest BCUT2D eigenvalue weighted by atomic mass is 9.83. The summed E-state index contributed by atoms with van der Waals surface area (Å²) in [6.07, 6.45) is 1.44. The van der Waals surface area contributed by atoms with Gasteiger partial charge in [0.2, 0.25) is 0 Å². The van der Waals surface area contributed by atoms with E-state index in [-0.39, 0.29) is 18.1 Å². The highest BCUT2D eigenvalue weighted by atomic mass is 16.3. The van der Waals surface area contributed by atoms with E-state index in [0.29, 0.717) is 12.6 Å². The average molecular weight is 442 g/mol. The number of piperazine rings is 1. The van der Waals surface area contributed by atoms with E-state index in [1.54, 1.807) is 0 Å². The molecule has 0 amide bonds. The third-order valence-electron chi connectivity index (χ3n) is 7.27. The maximum absolute atomic E-state index is 11.2. The number of nitrogens with one attached hydrogen (secondary N) is 2. The summed E-state index contributed by atoms with van der Waals surface area (Å²) in [5.74, 6) is 0.265. The predicted octanol–water partition coefficient (Wildman–Crippen LogP) is 3.73. The minimum Gasteiger partial charge on any atom is -0.392 e. The second-order valence-corrected chi connectivity index (χ2v) is 9.41. The highest BCUT2D eigenvalue weighted by Gasteiger charge is 2.33. The lowest BCUT2D eigenvalue weighted by molar-refractivity contribution is 0.0573. The number of nitrogens with zero attached hydrogens (tertiary/aromatic N) is 1. The molecule has 0 saturated carbocycles. The molecule has 3 unspecified atom stereocenters. The van der Waals surface area contributed by atoms with E-state index in [2.05, 4.69) is 100 Å². The Balaban J connectivity index is 1.35. The zero-order chi connectivity index (χ0) is 22.5. The lowest BCUT2D eigenvalue weighted by Crippen LogP contribution is -2.56. The maximum atomic E-state index is 11.2. The molecule has 172 valence electrons. The zero-order valence-corrected chi connectivity index (χ0v) is 19.2. The van der Waals surface area contributed by atoms with E-state index in [9.17, 15) is 5.11 Å². The molecule has 2 aliphatic heterocycles. The zero-order valence-electron chi connectivity index (χ0n) is 19.2. The van der Waals surface area contributed by atoms with Gasteiger partial charge in [0.05, 0.1) is 6.10 Å². The molecule has 3 N–H and O–H groups in total. The van der Waals surface area contributed by atoms with Crippen LogP contribution in [-0.4, -0.2) is 54.9 Å². The van der Waals surface area contributed by atoms with Crippen LogP contribution in [0.5, 0.6) is 0 Å². The predicted molar refractivity (Wildman–Crippen MR) is 134 cm³/mol. The van der Waals surface area contributed by atoms with E-state index >= 15 is 0 Å². The molecule has 0 spiro atoms. The van der Waals surface area contributed by atoms with Gasteiger partial charge in [-0.1, -0.05) is 84.9 Å². The van der Waals surface area contributed by atoms with Gasteiger partial charge < -0.3 is 15.7 Å². The molecule has 4 heteroatoms. The fraction of sp³-hybridized carbons (Fsp3) is 0.379. The topological polar surface area (TPSA) is 47.5 Å². The van der Waals surface area contributed by atoms with Gasteiger partial charge in [0.1, 0.15) is 0 Å². The Kier molecular flexibility index (Phi) is 7.18. The van der Waals surface area contributed by atoms with Crippen LogP contribution in [0.15, 0.2) is 84.9 Å². The van der Waals surface area contributed by atoms with Gasteiger partial charge in [-0.05, 0) is 41.6 Å². The van der Waals surface area contributed by atoms with Crippen LogP contribution < -0.4 is 10.6 Å². The number of fused-ring (bicyclic) bond motifs is 1. The van der Waals surface area contributed by atoms with Gasteiger partial charge >= 0.3 is 0 Å². The van der Waals surface area contributed by atoms with Crippen LogP contribution in [-0.2, 0) is 6.42 Å². The van der Waals surface area contributed by atoms with Crippen LogP contribution in [0.3, 0.4) is 0 Å². The molecule has 3 aromatic carbocycles. The number of aliphatic hydroxyl groups is 1. The standard InChI is InChI=1S/C29H35N3O/c33-25(19-27-26-14-8-7-9-22(26)15-16-31-27)21-32-18-17-30-20-28(32)29(23-10-3-1-4-11-23)24-12-5-2-6-13-24/h1-14,25,27-31,33H,15-21H2. The Morgan fingerprint density at radius 3 is 2.24 bits per heavy atom. The van der Waals surface area contributed by atoms with Crippen LogP contribution in [0.25, 0.3) is 0 Å². The summed E-state index contributed by atoms with van der Waals surface area (Å²) in [5.41, 5.74) is 5.44. The Hall–Kier alpha value is -2.50. The molecule has 1 saturated heterocycles. The summed E-state index contributed by atoms with van der Waals surface area (Å²) in [6, 6.07) is 30.9. The number of rotatable bonds is 7. The van der Waals surface area contributed by atoms with Crippen molar-refractivity contribution < 1.29 is 5.11 Å². The summed E-state index contributed by atoms with van der Waals surface area (Å²) in [6.45, 7) is 4.51. The van der Waals surface area contributed by atoms with Gasteiger partial charge in [-0.15, -0.1) is 0 Å². The molecule has 0 bridgehead atoms. The third-order valence-corrected chi connectivity index (χ3v) is 7.27. The SMILES string of the molecule is OC(CC1NCCc2ccccc21)CN1CCNCC1C(c1ccccc1)c1ccccc1. The Labute approximate surface area is 197 Å². The van der Waals surface area contributed by atoms with Gasteiger partial charge in [-0.25, -0.2) is 0 Å². The molecular weight excluding hydrogens is 406 g/mol. The summed E-state index contributed by atoms with van der Waals surface area (Å²) >= 11 is 0. The van der Waals surface area contributed by atoms with E-state index in [1.165, 1.54) is 22.3 Å². The van der Waals surface area contributed by atoms with Crippen LogP contribution in [0.4, 0.5) is 0 Å². The maximum Gasteiger partial charge on any atom is 0.0685 e. The number of aliphatic hydroxyl groups excluding tert-OH is 1. The summed E-state index contributed by atoms with van der Waals surface area (Å²) in [4.78, 5) is 2.51. The van der Waals surface area contributed by atoms with Gasteiger partial charge in [0.15, 0.2) is 0 Å². The largest absolute Gasteiger partial charge is 0.392 e. The van der Waals surface area contributed by atoms with E-state index < -0.39 is 0 Å². The third kappa shape index (κ3) is 5.20. The van der Waals surface area contributed by atoms with Crippen molar-refractivity contribution in [3.63, 3.8) is 0 Å². The number of β-amino-alcohol motifs (C(OH)–C–C–N with tert-alkyl or cyclic N) is 1. The normalized spacial score (nSPS) is 22.1. The van der Waals surface area contributed by atoms with E-state index in [4.69, 9.17) is 0 Å². The second-order valence-electron chi connectivity index (χ2n) is 9.41. The number of hydrogen-bond acceptors (Lipinski definition) is 4. The fourth-order valence-electron chi connectivity index (χ4n) is 5.70. The first-order valence-electron chi connectivity index (χ1n) is 12.3. The quantitative estimate of drug-likeness (QED) is 0.523. The van der Waals surface area contributed by atoms with Crippen molar-refractivity contribution in [2.45, 2.75) is 36.9 Å². The smallest absolute Gasteiger partial charge is 0.0685 e. The van der Waals surface area contributed by atoms with Crippen molar-refractivity contribution in [2.75, 3.05) is 32.7 Å². The van der Waals surface area contributed by atoms with Crippen molar-refractivity contribution in [1.82, 2.24) is 15.5 Å². The minimum absolute atomic E-state index is 0.227. The highest BCUT2D eigenvalue weighted by Crippen LogP contribution is 2.32. The molecule has 33 heavy (non-hydrogen) atoms. The van der Waals surface area contributed by atoms with Crippen molar-refractivity contribution in [3.8, 4) is 0 Å². The number of hydrogen-bond donors (Lipinski definition) is 3. The van der Waals surface area contributed by atoms with Crippen LogP contribution in [0.1, 0.15) is 40.6 Å². The first-order chi connectivity index (χ1) is 16.3. The molecule has 0 aliphatic carbocycles. The molecule has 3 aromatic rings. The van der Waals surface area contributed by atoms with Crippen molar-refractivity contribution in [1.29, 1.82) is 0 Å². The fourth-order valence-corrected chi connectivity index (χ4v) is 5.70. The van der Waals surface area contributed by atoms with Crippen molar-refractivity contribution >= 4 is 0 Å². The van der Waals surface area contributed by atoms with Crippen LogP contribution >= 0.6 is 0 Å². The molecule has 4 nitrogen and oxygen atoms in total. The molecular formula is C29H35N3O. The first kappa shape index (κ1) is 22.3. The number of benzene rings is 3. The Bertz CT molecular complexity index is 970. The van der Waals surface area contributed by atoms with E-state index in [0.717, 1.165) is 39.0 Å². The Morgan fingerprint density at radius 1 is 0.848 bits per heavy atom. The van der Waals surface area contributed by atoms with Gasteiger partial charge in [0, 0.05) is 44.2 Å². The average Bonchev–Trinajstić information content (AvgIpc) is 2.87. The first-order valence-corrected chi connectivity index (χ1v) is 12.3.